The number of piperidine rings is 1. The molecule has 2 fully saturated rings. The van der Waals surface area contributed by atoms with Crippen LogP contribution in [0.3, 0.4) is 0 Å². The molecule has 2 N–H and O–H groups in total. The maximum Gasteiger partial charge on any atom is 0.0149 e. The van der Waals surface area contributed by atoms with Crippen molar-refractivity contribution in [2.24, 2.45) is 11.1 Å². The van der Waals surface area contributed by atoms with Crippen molar-refractivity contribution in [1.29, 1.82) is 0 Å². The zero-order chi connectivity index (χ0) is 12.3. The Morgan fingerprint density at radius 3 is 2.59 bits per heavy atom. The zero-order valence-electron chi connectivity index (χ0n) is 11.8. The molecule has 100 valence electrons. The Labute approximate surface area is 107 Å². The van der Waals surface area contributed by atoms with Crippen LogP contribution >= 0.6 is 0 Å². The highest BCUT2D eigenvalue weighted by Gasteiger charge is 2.39. The Hall–Kier alpha value is -0.0800. The summed E-state index contributed by atoms with van der Waals surface area (Å²) in [5.41, 5.74) is 6.31. The summed E-state index contributed by atoms with van der Waals surface area (Å²) in [5.74, 6) is 0. The second-order valence-corrected chi connectivity index (χ2v) is 6.71. The number of nitrogens with two attached hydrogens (primary N) is 1. The average Bonchev–Trinajstić information content (AvgIpc) is 2.30. The van der Waals surface area contributed by atoms with Gasteiger partial charge in [-0.15, -0.1) is 0 Å². The van der Waals surface area contributed by atoms with Gasteiger partial charge in [-0.05, 0) is 50.6 Å². The second kappa shape index (κ2) is 5.71. The van der Waals surface area contributed by atoms with Gasteiger partial charge in [0, 0.05) is 12.1 Å². The molecule has 0 aromatic carbocycles. The molecule has 2 nitrogen and oxygen atoms in total. The van der Waals surface area contributed by atoms with Crippen LogP contribution in [0.5, 0.6) is 0 Å². The molecule has 1 aliphatic carbocycles. The normalized spacial score (nSPS) is 34.8. The van der Waals surface area contributed by atoms with Gasteiger partial charge in [0.15, 0.2) is 0 Å². The predicted octanol–water partition coefficient (Wildman–Crippen LogP) is 3.16. The Morgan fingerprint density at radius 2 is 1.88 bits per heavy atom. The molecule has 1 saturated heterocycles. The van der Waals surface area contributed by atoms with Crippen LogP contribution in [0.2, 0.25) is 0 Å². The fourth-order valence-electron chi connectivity index (χ4n) is 4.03. The summed E-state index contributed by atoms with van der Waals surface area (Å²) >= 11 is 0. The molecular weight excluding hydrogens is 208 g/mol. The molecule has 0 aromatic heterocycles. The molecule has 1 saturated carbocycles. The van der Waals surface area contributed by atoms with Crippen molar-refractivity contribution in [3.05, 3.63) is 0 Å². The van der Waals surface area contributed by atoms with Crippen LogP contribution in [0.15, 0.2) is 0 Å². The third-order valence-corrected chi connectivity index (χ3v) is 5.02. The van der Waals surface area contributed by atoms with Crippen LogP contribution in [-0.4, -0.2) is 30.1 Å². The van der Waals surface area contributed by atoms with Crippen molar-refractivity contribution in [3.63, 3.8) is 0 Å². The topological polar surface area (TPSA) is 29.3 Å². The minimum Gasteiger partial charge on any atom is -0.330 e. The highest BCUT2D eigenvalue weighted by Crippen LogP contribution is 2.41. The lowest BCUT2D eigenvalue weighted by Crippen LogP contribution is -2.53. The molecule has 0 spiro atoms. The van der Waals surface area contributed by atoms with E-state index < -0.39 is 0 Å². The molecule has 2 rings (SSSR count). The third-order valence-electron chi connectivity index (χ3n) is 5.02. The number of rotatable bonds is 3. The van der Waals surface area contributed by atoms with Crippen LogP contribution < -0.4 is 5.73 Å². The highest BCUT2D eigenvalue weighted by molar-refractivity contribution is 4.93. The first-order valence-electron chi connectivity index (χ1n) is 7.61. The summed E-state index contributed by atoms with van der Waals surface area (Å²) in [6.45, 7) is 7.13. The Bertz CT molecular complexity index is 235. The quantitative estimate of drug-likeness (QED) is 0.818. The maximum atomic E-state index is 5.79. The fourth-order valence-corrected chi connectivity index (χ4v) is 4.03. The van der Waals surface area contributed by atoms with Crippen LogP contribution in [0.1, 0.15) is 65.2 Å². The van der Waals surface area contributed by atoms with Crippen molar-refractivity contribution in [2.75, 3.05) is 13.1 Å². The van der Waals surface area contributed by atoms with Gasteiger partial charge >= 0.3 is 0 Å². The zero-order valence-corrected chi connectivity index (χ0v) is 11.8. The lowest BCUT2D eigenvalue weighted by atomic mass is 9.71. The van der Waals surface area contributed by atoms with Gasteiger partial charge in [-0.3, -0.25) is 4.90 Å². The molecule has 0 amide bonds. The van der Waals surface area contributed by atoms with Gasteiger partial charge in [0.2, 0.25) is 0 Å². The van der Waals surface area contributed by atoms with Crippen molar-refractivity contribution in [2.45, 2.75) is 77.3 Å². The summed E-state index contributed by atoms with van der Waals surface area (Å²) < 4.78 is 0. The molecule has 0 radical (unpaired) electrons. The monoisotopic (exact) mass is 238 g/mol. The van der Waals surface area contributed by atoms with Gasteiger partial charge in [-0.25, -0.2) is 0 Å². The number of hydrogen-bond acceptors (Lipinski definition) is 2. The minimum atomic E-state index is 0.516. The predicted molar refractivity (Wildman–Crippen MR) is 74.1 cm³/mol. The molecule has 2 unspecified atom stereocenters. The van der Waals surface area contributed by atoms with E-state index in [0.29, 0.717) is 5.41 Å². The van der Waals surface area contributed by atoms with Crippen molar-refractivity contribution < 1.29 is 0 Å². The molecule has 17 heavy (non-hydrogen) atoms. The molecule has 0 aromatic rings. The second-order valence-electron chi connectivity index (χ2n) is 6.71. The van der Waals surface area contributed by atoms with Gasteiger partial charge in [0.05, 0.1) is 0 Å². The smallest absolute Gasteiger partial charge is 0.0149 e. The number of likely N-dealkylation sites (tertiary alicyclic amines) is 1. The van der Waals surface area contributed by atoms with E-state index in [1.54, 1.807) is 0 Å². The van der Waals surface area contributed by atoms with E-state index in [2.05, 4.69) is 18.7 Å². The van der Waals surface area contributed by atoms with Crippen LogP contribution in [0, 0.1) is 5.41 Å². The van der Waals surface area contributed by atoms with Gasteiger partial charge in [-0.2, -0.15) is 0 Å². The lowest BCUT2D eigenvalue weighted by Gasteiger charge is -2.50. The first kappa shape index (κ1) is 13.4. The first-order chi connectivity index (χ1) is 8.15. The Morgan fingerprint density at radius 1 is 1.12 bits per heavy atom. The van der Waals surface area contributed by atoms with Gasteiger partial charge < -0.3 is 5.73 Å². The maximum absolute atomic E-state index is 5.79. The van der Waals surface area contributed by atoms with Crippen LogP contribution in [0.4, 0.5) is 0 Å². The third kappa shape index (κ3) is 3.03. The van der Waals surface area contributed by atoms with E-state index in [-0.39, 0.29) is 0 Å². The molecule has 0 bridgehead atoms. The molecular formula is C15H30N2. The van der Waals surface area contributed by atoms with Crippen molar-refractivity contribution >= 4 is 0 Å². The average molecular weight is 238 g/mol. The summed E-state index contributed by atoms with van der Waals surface area (Å²) in [6, 6.07) is 1.59. The summed E-state index contributed by atoms with van der Waals surface area (Å²) in [5, 5.41) is 0. The Balaban J connectivity index is 2.06. The molecule has 2 aliphatic rings. The van der Waals surface area contributed by atoms with E-state index >= 15 is 0 Å². The largest absolute Gasteiger partial charge is 0.330 e. The summed E-state index contributed by atoms with van der Waals surface area (Å²) in [6.07, 6.45) is 11.1. The Kier molecular flexibility index (Phi) is 4.48. The van der Waals surface area contributed by atoms with Gasteiger partial charge in [0.1, 0.15) is 0 Å². The molecule has 2 heteroatoms. The standard InChI is InChI=1S/C15H30N2/c1-15(2)10-5-3-8-14(15)17-12-6-4-7-13(17)9-11-16/h13-14H,3-12,16H2,1-2H3. The van der Waals surface area contributed by atoms with Crippen LogP contribution in [-0.2, 0) is 0 Å². The van der Waals surface area contributed by atoms with Crippen LogP contribution in [0.25, 0.3) is 0 Å². The molecule has 1 heterocycles. The van der Waals surface area contributed by atoms with Gasteiger partial charge in [-0.1, -0.05) is 33.1 Å². The van der Waals surface area contributed by atoms with Crippen molar-refractivity contribution in [1.82, 2.24) is 4.90 Å². The van der Waals surface area contributed by atoms with Crippen molar-refractivity contribution in [3.8, 4) is 0 Å². The number of nitrogens with zero attached hydrogens (tertiary/aromatic N) is 1. The lowest BCUT2D eigenvalue weighted by molar-refractivity contribution is -0.00148. The highest BCUT2D eigenvalue weighted by atomic mass is 15.2. The molecule has 1 aliphatic heterocycles. The summed E-state index contributed by atoms with van der Waals surface area (Å²) in [4.78, 5) is 2.83. The van der Waals surface area contributed by atoms with E-state index in [9.17, 15) is 0 Å². The summed E-state index contributed by atoms with van der Waals surface area (Å²) in [7, 11) is 0. The first-order valence-corrected chi connectivity index (χ1v) is 7.61. The SMILES string of the molecule is CC1(C)CCCCC1N1CCCCC1CCN. The molecule has 2 atom stereocenters. The number of hydrogen-bond donors (Lipinski definition) is 1. The van der Waals surface area contributed by atoms with E-state index in [1.807, 2.05) is 0 Å². The van der Waals surface area contributed by atoms with E-state index in [0.717, 1.165) is 18.6 Å². The van der Waals surface area contributed by atoms with Gasteiger partial charge in [0.25, 0.3) is 0 Å². The van der Waals surface area contributed by atoms with E-state index in [1.165, 1.54) is 57.9 Å². The fraction of sp³-hybridized carbons (Fsp3) is 1.00. The van der Waals surface area contributed by atoms with E-state index in [4.69, 9.17) is 5.73 Å². The minimum absolute atomic E-state index is 0.516.